The second-order valence-electron chi connectivity index (χ2n) is 6.13. The fourth-order valence-electron chi connectivity index (χ4n) is 3.22. The topological polar surface area (TPSA) is 52.6 Å². The highest BCUT2D eigenvalue weighted by Gasteiger charge is 2.33. The van der Waals surface area contributed by atoms with Crippen LogP contribution < -0.4 is 5.32 Å². The van der Waals surface area contributed by atoms with E-state index < -0.39 is 0 Å². The summed E-state index contributed by atoms with van der Waals surface area (Å²) in [7, 11) is 0. The average Bonchev–Trinajstić information content (AvgIpc) is 2.61. The van der Waals surface area contributed by atoms with Crippen LogP contribution in [-0.2, 0) is 4.79 Å². The number of carbonyl (C=O) groups is 1. The highest BCUT2D eigenvalue weighted by atomic mass is 16.3. The molecule has 2 fully saturated rings. The molecular formula is C14H26N2O2. The number of carbonyl (C=O) groups excluding carboxylic acids is 1. The van der Waals surface area contributed by atoms with Crippen molar-refractivity contribution >= 4 is 5.91 Å². The van der Waals surface area contributed by atoms with Crippen LogP contribution in [0, 0.1) is 5.92 Å². The Morgan fingerprint density at radius 3 is 2.83 bits per heavy atom. The highest BCUT2D eigenvalue weighted by Crippen LogP contribution is 2.26. The van der Waals surface area contributed by atoms with Crippen LogP contribution in [0.2, 0.25) is 0 Å². The number of likely N-dealkylation sites (tertiary alicyclic amines) is 1. The second kappa shape index (κ2) is 6.02. The molecule has 0 spiro atoms. The summed E-state index contributed by atoms with van der Waals surface area (Å²) in [6.45, 7) is 5.86. The molecule has 2 N–H and O–H groups in total. The van der Waals surface area contributed by atoms with E-state index in [9.17, 15) is 9.90 Å². The van der Waals surface area contributed by atoms with Crippen molar-refractivity contribution in [3.05, 3.63) is 0 Å². The summed E-state index contributed by atoms with van der Waals surface area (Å²) in [5.41, 5.74) is 0. The molecule has 4 heteroatoms. The molecule has 1 amide bonds. The van der Waals surface area contributed by atoms with Crippen LogP contribution in [0.3, 0.4) is 0 Å². The van der Waals surface area contributed by atoms with Crippen molar-refractivity contribution in [3.63, 3.8) is 0 Å². The summed E-state index contributed by atoms with van der Waals surface area (Å²) in [4.78, 5) is 14.2. The van der Waals surface area contributed by atoms with E-state index >= 15 is 0 Å². The van der Waals surface area contributed by atoms with E-state index in [0.717, 1.165) is 45.2 Å². The van der Waals surface area contributed by atoms with Gasteiger partial charge in [-0.3, -0.25) is 4.79 Å². The number of nitrogens with one attached hydrogen (secondary N) is 1. The maximum atomic E-state index is 12.2. The number of rotatable bonds is 4. The van der Waals surface area contributed by atoms with Gasteiger partial charge in [0.1, 0.15) is 0 Å². The first kappa shape index (κ1) is 13.8. The van der Waals surface area contributed by atoms with Crippen LogP contribution in [0.1, 0.15) is 46.0 Å². The van der Waals surface area contributed by atoms with Gasteiger partial charge in [-0.25, -0.2) is 0 Å². The molecule has 1 saturated heterocycles. The molecule has 104 valence electrons. The molecule has 0 bridgehead atoms. The Bertz CT molecular complexity index is 294. The van der Waals surface area contributed by atoms with E-state index in [1.807, 2.05) is 4.90 Å². The van der Waals surface area contributed by atoms with Gasteiger partial charge in [0.05, 0.1) is 12.1 Å². The zero-order valence-corrected chi connectivity index (χ0v) is 11.6. The number of amides is 1. The van der Waals surface area contributed by atoms with Crippen LogP contribution in [0.25, 0.3) is 0 Å². The number of aliphatic hydroxyl groups excluding tert-OH is 1. The Kier molecular flexibility index (Phi) is 4.62. The summed E-state index contributed by atoms with van der Waals surface area (Å²) in [5, 5.41) is 13.0. The van der Waals surface area contributed by atoms with Gasteiger partial charge in [0.25, 0.3) is 0 Å². The van der Waals surface area contributed by atoms with Crippen molar-refractivity contribution in [2.45, 2.75) is 64.1 Å². The minimum absolute atomic E-state index is 0.0125. The van der Waals surface area contributed by atoms with Crippen molar-refractivity contribution in [2.24, 2.45) is 5.92 Å². The Balaban J connectivity index is 1.82. The van der Waals surface area contributed by atoms with Gasteiger partial charge in [-0.2, -0.15) is 0 Å². The molecule has 0 aromatic rings. The van der Waals surface area contributed by atoms with Gasteiger partial charge in [-0.1, -0.05) is 20.3 Å². The molecule has 1 aliphatic heterocycles. The van der Waals surface area contributed by atoms with Crippen molar-refractivity contribution in [1.82, 2.24) is 10.2 Å². The first-order chi connectivity index (χ1) is 8.56. The monoisotopic (exact) mass is 254 g/mol. The van der Waals surface area contributed by atoms with Crippen molar-refractivity contribution in [2.75, 3.05) is 13.1 Å². The minimum atomic E-state index is -0.147. The molecule has 2 rings (SSSR count). The molecule has 3 unspecified atom stereocenters. The van der Waals surface area contributed by atoms with Gasteiger partial charge in [-0.15, -0.1) is 0 Å². The third kappa shape index (κ3) is 3.45. The molecule has 2 aliphatic rings. The van der Waals surface area contributed by atoms with E-state index in [1.165, 1.54) is 0 Å². The highest BCUT2D eigenvalue weighted by molar-refractivity contribution is 5.84. The zero-order valence-electron chi connectivity index (χ0n) is 11.6. The van der Waals surface area contributed by atoms with Gasteiger partial charge < -0.3 is 15.3 Å². The maximum Gasteiger partial charge on any atom is 0.239 e. The molecule has 0 aromatic carbocycles. The van der Waals surface area contributed by atoms with Gasteiger partial charge >= 0.3 is 0 Å². The molecule has 0 radical (unpaired) electrons. The Morgan fingerprint density at radius 1 is 1.39 bits per heavy atom. The van der Waals surface area contributed by atoms with E-state index in [1.54, 1.807) is 0 Å². The summed E-state index contributed by atoms with van der Waals surface area (Å²) in [6, 6.07) is 0.369. The van der Waals surface area contributed by atoms with Crippen molar-refractivity contribution < 1.29 is 9.90 Å². The summed E-state index contributed by atoms with van der Waals surface area (Å²) in [6.07, 6.45) is 4.83. The van der Waals surface area contributed by atoms with Gasteiger partial charge in [0.2, 0.25) is 5.91 Å². The maximum absolute atomic E-state index is 12.2. The van der Waals surface area contributed by atoms with E-state index in [-0.39, 0.29) is 18.1 Å². The number of hydrogen-bond donors (Lipinski definition) is 2. The standard InChI is InChI=1S/C14H26N2O2/c1-10(2)15-13-6-7-16(14(13)18)9-11-4-3-5-12(17)8-11/h10-13,15,17H,3-9H2,1-2H3. The fraction of sp³-hybridized carbons (Fsp3) is 0.929. The van der Waals surface area contributed by atoms with E-state index in [4.69, 9.17) is 0 Å². The van der Waals surface area contributed by atoms with E-state index in [0.29, 0.717) is 12.0 Å². The van der Waals surface area contributed by atoms with Crippen LogP contribution in [0.15, 0.2) is 0 Å². The van der Waals surface area contributed by atoms with Crippen LogP contribution in [0.5, 0.6) is 0 Å². The fourth-order valence-corrected chi connectivity index (χ4v) is 3.22. The first-order valence-corrected chi connectivity index (χ1v) is 7.29. The summed E-state index contributed by atoms with van der Waals surface area (Å²) >= 11 is 0. The largest absolute Gasteiger partial charge is 0.393 e. The predicted octanol–water partition coefficient (Wildman–Crippen LogP) is 1.14. The summed E-state index contributed by atoms with van der Waals surface area (Å²) in [5.74, 6) is 0.749. The average molecular weight is 254 g/mol. The number of hydrogen-bond acceptors (Lipinski definition) is 3. The normalized spacial score (nSPS) is 33.4. The molecule has 3 atom stereocenters. The van der Waals surface area contributed by atoms with Gasteiger partial charge in [0, 0.05) is 19.1 Å². The number of aliphatic hydroxyl groups is 1. The third-order valence-electron chi connectivity index (χ3n) is 4.07. The third-order valence-corrected chi connectivity index (χ3v) is 4.07. The Hall–Kier alpha value is -0.610. The minimum Gasteiger partial charge on any atom is -0.393 e. The van der Waals surface area contributed by atoms with Crippen molar-refractivity contribution in [3.8, 4) is 0 Å². The van der Waals surface area contributed by atoms with Gasteiger partial charge in [0.15, 0.2) is 0 Å². The lowest BCUT2D eigenvalue weighted by atomic mass is 9.87. The molecular weight excluding hydrogens is 228 g/mol. The smallest absolute Gasteiger partial charge is 0.239 e. The molecule has 1 aliphatic carbocycles. The second-order valence-corrected chi connectivity index (χ2v) is 6.13. The van der Waals surface area contributed by atoms with Gasteiger partial charge in [-0.05, 0) is 31.6 Å². The van der Waals surface area contributed by atoms with Crippen LogP contribution in [-0.4, -0.2) is 47.2 Å². The lowest BCUT2D eigenvalue weighted by Gasteiger charge is -2.29. The van der Waals surface area contributed by atoms with Crippen LogP contribution in [0.4, 0.5) is 0 Å². The lowest BCUT2D eigenvalue weighted by molar-refractivity contribution is -0.130. The molecule has 0 aromatic heterocycles. The predicted molar refractivity (Wildman–Crippen MR) is 71.2 cm³/mol. The molecule has 18 heavy (non-hydrogen) atoms. The van der Waals surface area contributed by atoms with E-state index in [2.05, 4.69) is 19.2 Å². The SMILES string of the molecule is CC(C)NC1CCN(CC2CCCC(O)C2)C1=O. The van der Waals surface area contributed by atoms with Crippen LogP contribution >= 0.6 is 0 Å². The quantitative estimate of drug-likeness (QED) is 0.791. The first-order valence-electron chi connectivity index (χ1n) is 7.29. The Labute approximate surface area is 110 Å². The zero-order chi connectivity index (χ0) is 13.1. The number of nitrogens with zero attached hydrogens (tertiary/aromatic N) is 1. The van der Waals surface area contributed by atoms with Crippen molar-refractivity contribution in [1.29, 1.82) is 0 Å². The molecule has 4 nitrogen and oxygen atoms in total. The Morgan fingerprint density at radius 2 is 2.17 bits per heavy atom. The summed E-state index contributed by atoms with van der Waals surface area (Å²) < 4.78 is 0. The lowest BCUT2D eigenvalue weighted by Crippen LogP contribution is -2.43. The molecule has 1 heterocycles. The molecule has 1 saturated carbocycles.